The van der Waals surface area contributed by atoms with Gasteiger partial charge in [0.15, 0.2) is 0 Å². The second kappa shape index (κ2) is 3.69. The van der Waals surface area contributed by atoms with Gasteiger partial charge in [-0.05, 0) is 11.1 Å². The highest BCUT2D eigenvalue weighted by Crippen LogP contribution is 2.31. The minimum Gasteiger partial charge on any atom is -0.478 e. The van der Waals surface area contributed by atoms with Crippen molar-refractivity contribution in [1.29, 1.82) is 0 Å². The first-order valence-corrected chi connectivity index (χ1v) is 4.70. The van der Waals surface area contributed by atoms with Crippen LogP contribution in [0.15, 0.2) is 30.0 Å². The van der Waals surface area contributed by atoms with Crippen molar-refractivity contribution in [3.63, 3.8) is 0 Å². The lowest BCUT2D eigenvalue weighted by molar-refractivity contribution is -0.130. The first-order chi connectivity index (χ1) is 7.59. The van der Waals surface area contributed by atoms with Gasteiger partial charge in [-0.25, -0.2) is 9.59 Å². The van der Waals surface area contributed by atoms with Crippen LogP contribution >= 0.6 is 0 Å². The Kier molecular flexibility index (Phi) is 2.36. The van der Waals surface area contributed by atoms with Crippen LogP contribution in [0.3, 0.4) is 0 Å². The number of carbonyl (C=O) groups is 2. The summed E-state index contributed by atoms with van der Waals surface area (Å²) in [4.78, 5) is 21.9. The number of nitrogens with two attached hydrogens (primary N) is 1. The third-order valence-electron chi connectivity index (χ3n) is 2.44. The van der Waals surface area contributed by atoms with Gasteiger partial charge in [0.05, 0.1) is 5.57 Å². The van der Waals surface area contributed by atoms with Gasteiger partial charge in [0, 0.05) is 12.1 Å². The van der Waals surface area contributed by atoms with Crippen LogP contribution in [-0.2, 0) is 11.2 Å². The maximum atomic E-state index is 11.1. The molecule has 1 aliphatic carbocycles. The van der Waals surface area contributed by atoms with Gasteiger partial charge in [0.25, 0.3) is 0 Å². The molecule has 5 nitrogen and oxygen atoms in total. The number of rotatable bonds is 2. The minimum atomic E-state index is -1.06. The molecule has 5 heteroatoms. The van der Waals surface area contributed by atoms with E-state index in [-0.39, 0.29) is 5.57 Å². The molecule has 0 saturated carbocycles. The number of hydrogen-bond acceptors (Lipinski definition) is 2. The van der Waals surface area contributed by atoms with Crippen molar-refractivity contribution in [3.8, 4) is 0 Å². The van der Waals surface area contributed by atoms with Crippen LogP contribution in [0.4, 0.5) is 4.79 Å². The molecule has 82 valence electrons. The number of fused-ring (bicyclic) bond motifs is 1. The first-order valence-electron chi connectivity index (χ1n) is 4.70. The van der Waals surface area contributed by atoms with Crippen LogP contribution in [0.1, 0.15) is 11.1 Å². The van der Waals surface area contributed by atoms with Gasteiger partial charge >= 0.3 is 12.0 Å². The molecule has 1 aliphatic rings. The summed E-state index contributed by atoms with van der Waals surface area (Å²) in [6.07, 6.45) is 0.390. The predicted molar refractivity (Wildman–Crippen MR) is 57.4 cm³/mol. The molecule has 1 aromatic rings. The molecule has 4 N–H and O–H groups in total. The Labute approximate surface area is 91.6 Å². The molecule has 2 amide bonds. The number of benzene rings is 1. The molecule has 2 rings (SSSR count). The lowest BCUT2D eigenvalue weighted by Crippen LogP contribution is -2.29. The summed E-state index contributed by atoms with van der Waals surface area (Å²) in [5.74, 6) is -1.06. The zero-order valence-corrected chi connectivity index (χ0v) is 8.36. The highest BCUT2D eigenvalue weighted by molar-refractivity contribution is 6.18. The zero-order valence-electron chi connectivity index (χ0n) is 8.36. The molecule has 0 saturated heterocycles. The van der Waals surface area contributed by atoms with E-state index in [4.69, 9.17) is 10.8 Å². The summed E-state index contributed by atoms with van der Waals surface area (Å²) in [6.45, 7) is 0. The molecule has 0 radical (unpaired) electrons. The number of primary amides is 1. The second-order valence-corrected chi connectivity index (χ2v) is 3.48. The number of urea groups is 1. The average Bonchev–Trinajstić information content (AvgIpc) is 2.53. The molecule has 0 spiro atoms. The van der Waals surface area contributed by atoms with Crippen molar-refractivity contribution >= 4 is 17.6 Å². The molecular formula is C11H10N2O3. The van der Waals surface area contributed by atoms with E-state index in [2.05, 4.69) is 5.32 Å². The molecule has 0 aliphatic heterocycles. The lowest BCUT2D eigenvalue weighted by atomic mass is 10.1. The van der Waals surface area contributed by atoms with Gasteiger partial charge < -0.3 is 16.2 Å². The molecule has 16 heavy (non-hydrogen) atoms. The van der Waals surface area contributed by atoms with E-state index < -0.39 is 12.0 Å². The molecule has 0 fully saturated rings. The number of carboxylic acid groups (broad SMARTS) is 1. The van der Waals surface area contributed by atoms with Crippen LogP contribution in [0.5, 0.6) is 0 Å². The van der Waals surface area contributed by atoms with Crippen LogP contribution in [0, 0.1) is 0 Å². The van der Waals surface area contributed by atoms with Crippen LogP contribution in [-0.4, -0.2) is 17.1 Å². The molecule has 0 aromatic heterocycles. The van der Waals surface area contributed by atoms with E-state index >= 15 is 0 Å². The van der Waals surface area contributed by atoms with Gasteiger partial charge in [-0.15, -0.1) is 0 Å². The molecular weight excluding hydrogens is 208 g/mol. The van der Waals surface area contributed by atoms with E-state index in [0.717, 1.165) is 5.56 Å². The first kappa shape index (κ1) is 10.2. The minimum absolute atomic E-state index is 0.120. The Morgan fingerprint density at radius 3 is 2.62 bits per heavy atom. The fourth-order valence-electron chi connectivity index (χ4n) is 1.86. The van der Waals surface area contributed by atoms with Gasteiger partial charge in [-0.3, -0.25) is 0 Å². The maximum absolute atomic E-state index is 11.1. The molecule has 1 aromatic carbocycles. The van der Waals surface area contributed by atoms with E-state index in [9.17, 15) is 9.59 Å². The molecule has 0 heterocycles. The average molecular weight is 218 g/mol. The van der Waals surface area contributed by atoms with Gasteiger partial charge in [0.2, 0.25) is 0 Å². The van der Waals surface area contributed by atoms with Crippen molar-refractivity contribution in [1.82, 2.24) is 5.32 Å². The SMILES string of the molecule is NC(=O)NC1=C(C(=O)O)c2ccccc2C1. The summed E-state index contributed by atoms with van der Waals surface area (Å²) < 4.78 is 0. The summed E-state index contributed by atoms with van der Waals surface area (Å²) >= 11 is 0. The van der Waals surface area contributed by atoms with Crippen molar-refractivity contribution in [2.75, 3.05) is 0 Å². The monoisotopic (exact) mass is 218 g/mol. The van der Waals surface area contributed by atoms with Crippen LogP contribution in [0.25, 0.3) is 5.57 Å². The number of nitrogens with one attached hydrogen (secondary N) is 1. The highest BCUT2D eigenvalue weighted by Gasteiger charge is 2.26. The number of carbonyl (C=O) groups excluding carboxylic acids is 1. The zero-order chi connectivity index (χ0) is 11.7. The molecule has 0 bridgehead atoms. The number of allylic oxidation sites excluding steroid dienone is 1. The molecule has 0 atom stereocenters. The Morgan fingerprint density at radius 2 is 2.00 bits per heavy atom. The Bertz CT molecular complexity index is 506. The molecule has 0 unspecified atom stereocenters. The quantitative estimate of drug-likeness (QED) is 0.682. The standard InChI is InChI=1S/C11H10N2O3/c12-11(16)13-8-5-6-3-1-2-4-7(6)9(8)10(14)15/h1-4H,5H2,(H,14,15)(H3,12,13,16). The largest absolute Gasteiger partial charge is 0.478 e. The fourth-order valence-corrected chi connectivity index (χ4v) is 1.86. The van der Waals surface area contributed by atoms with Crippen LogP contribution < -0.4 is 11.1 Å². The topological polar surface area (TPSA) is 92.4 Å². The third-order valence-corrected chi connectivity index (χ3v) is 2.44. The summed E-state index contributed by atoms with van der Waals surface area (Å²) in [5, 5.41) is 11.5. The number of hydrogen-bond donors (Lipinski definition) is 3. The van der Waals surface area contributed by atoms with Gasteiger partial charge in [-0.2, -0.15) is 0 Å². The summed E-state index contributed by atoms with van der Waals surface area (Å²) in [5.41, 5.74) is 6.98. The van der Waals surface area contributed by atoms with E-state index in [0.29, 0.717) is 17.7 Å². The van der Waals surface area contributed by atoms with Crippen molar-refractivity contribution < 1.29 is 14.7 Å². The Balaban J connectivity index is 2.48. The Hall–Kier alpha value is -2.30. The van der Waals surface area contributed by atoms with Gasteiger partial charge in [0.1, 0.15) is 0 Å². The smallest absolute Gasteiger partial charge is 0.338 e. The van der Waals surface area contributed by atoms with Gasteiger partial charge in [-0.1, -0.05) is 24.3 Å². The highest BCUT2D eigenvalue weighted by atomic mass is 16.4. The van der Waals surface area contributed by atoms with Crippen LogP contribution in [0.2, 0.25) is 0 Å². The fraction of sp³-hybridized carbons (Fsp3) is 0.0909. The van der Waals surface area contributed by atoms with E-state index in [1.807, 2.05) is 12.1 Å². The number of carboxylic acids is 1. The number of aliphatic carboxylic acids is 1. The number of amides is 2. The maximum Gasteiger partial charge on any atom is 0.338 e. The second-order valence-electron chi connectivity index (χ2n) is 3.48. The lowest BCUT2D eigenvalue weighted by Gasteiger charge is -2.03. The summed E-state index contributed by atoms with van der Waals surface area (Å²) in [6, 6.07) is 6.38. The summed E-state index contributed by atoms with van der Waals surface area (Å²) in [7, 11) is 0. The normalized spacial score (nSPS) is 13.5. The van der Waals surface area contributed by atoms with E-state index in [1.54, 1.807) is 12.1 Å². The van der Waals surface area contributed by atoms with E-state index in [1.165, 1.54) is 0 Å². The van der Waals surface area contributed by atoms with Crippen molar-refractivity contribution in [3.05, 3.63) is 41.1 Å². The Morgan fingerprint density at radius 1 is 1.31 bits per heavy atom. The van der Waals surface area contributed by atoms with Crippen molar-refractivity contribution in [2.45, 2.75) is 6.42 Å². The third kappa shape index (κ3) is 1.63. The van der Waals surface area contributed by atoms with Crippen molar-refractivity contribution in [2.24, 2.45) is 5.73 Å². The predicted octanol–water partition coefficient (Wildman–Crippen LogP) is 0.707.